The lowest BCUT2D eigenvalue weighted by Crippen LogP contribution is -2.53. The number of carbonyl (C=O) groups is 2. The molecule has 2 N–H and O–H groups in total. The summed E-state index contributed by atoms with van der Waals surface area (Å²) in [4.78, 5) is 20.7. The Labute approximate surface area is 183 Å². The minimum absolute atomic E-state index is 0.00532. The van der Waals surface area contributed by atoms with Crippen molar-refractivity contribution >= 4 is 12.3 Å². The maximum Gasteiger partial charge on any atom is 0.505 e. The van der Waals surface area contributed by atoms with E-state index in [2.05, 4.69) is 9.47 Å². The van der Waals surface area contributed by atoms with Crippen LogP contribution in [0.4, 0.5) is 35.9 Å². The second-order valence-corrected chi connectivity index (χ2v) is 6.85. The Morgan fingerprint density at radius 3 is 1.27 bits per heavy atom. The molecule has 0 aromatic heterocycles. The van der Waals surface area contributed by atoms with Gasteiger partial charge in [0.2, 0.25) is 5.67 Å². The highest BCUT2D eigenvalue weighted by Crippen LogP contribution is 2.54. The molecule has 0 saturated carbocycles. The van der Waals surface area contributed by atoms with Crippen molar-refractivity contribution in [2.24, 2.45) is 0 Å². The third-order valence-corrected chi connectivity index (χ3v) is 4.72. The highest BCUT2D eigenvalue weighted by Gasteiger charge is 2.72. The van der Waals surface area contributed by atoms with E-state index < -0.39 is 41.2 Å². The topological polar surface area (TPSA) is 93.1 Å². The van der Waals surface area contributed by atoms with Crippen molar-refractivity contribution in [2.75, 3.05) is 13.2 Å². The number of halogens is 6. The van der Waals surface area contributed by atoms with Gasteiger partial charge in [0.25, 0.3) is 0 Å². The number of carboxylic acid groups (broad SMARTS) is 2. The quantitative estimate of drug-likeness (QED) is 0.360. The fourth-order valence-electron chi connectivity index (χ4n) is 3.04. The van der Waals surface area contributed by atoms with Crippen LogP contribution < -0.4 is 0 Å². The molecular formula is C21H18F6O6. The summed E-state index contributed by atoms with van der Waals surface area (Å²) in [5.41, 5.74) is -5.56. The molecular weight excluding hydrogens is 462 g/mol. The molecule has 0 saturated heterocycles. The van der Waals surface area contributed by atoms with E-state index in [1.807, 2.05) is 0 Å². The lowest BCUT2D eigenvalue weighted by atomic mass is 9.81. The van der Waals surface area contributed by atoms with Crippen molar-refractivity contribution in [3.63, 3.8) is 0 Å². The molecule has 0 spiro atoms. The summed E-state index contributed by atoms with van der Waals surface area (Å²) in [6, 6.07) is 7.46. The molecule has 0 unspecified atom stereocenters. The standard InChI is InChI=1S/C21H18F6O6/c22-19(20(23,24)21(25,26)27,15-5-1-13(2-6-15)9-11-32-17(28)29)16-7-3-14(4-8-16)10-12-33-18(30)31/h1-8H,9-12H2,(H,28,29)(H,30,31). The highest BCUT2D eigenvalue weighted by molar-refractivity contribution is 5.57. The predicted molar refractivity (Wildman–Crippen MR) is 101 cm³/mol. The van der Waals surface area contributed by atoms with E-state index in [1.165, 1.54) is 0 Å². The van der Waals surface area contributed by atoms with Crippen LogP contribution in [0.1, 0.15) is 22.3 Å². The van der Waals surface area contributed by atoms with Crippen LogP contribution in [0, 0.1) is 0 Å². The Morgan fingerprint density at radius 2 is 1.00 bits per heavy atom. The molecule has 2 aromatic carbocycles. The second-order valence-electron chi connectivity index (χ2n) is 6.85. The predicted octanol–water partition coefficient (Wildman–Crippen LogP) is 5.57. The van der Waals surface area contributed by atoms with Gasteiger partial charge in [-0.2, -0.15) is 22.0 Å². The SMILES string of the molecule is O=C(O)OCCc1ccc(C(F)(c2ccc(CCOC(=O)O)cc2)C(F)(F)C(F)(F)F)cc1. The molecule has 12 heteroatoms. The van der Waals surface area contributed by atoms with Gasteiger partial charge in [-0.1, -0.05) is 48.5 Å². The first kappa shape index (κ1) is 25.8. The van der Waals surface area contributed by atoms with Crippen molar-refractivity contribution in [1.82, 2.24) is 0 Å². The van der Waals surface area contributed by atoms with Gasteiger partial charge in [-0.05, 0) is 11.1 Å². The maximum absolute atomic E-state index is 15.8. The number of hydrogen-bond acceptors (Lipinski definition) is 4. The molecule has 0 bridgehead atoms. The normalized spacial score (nSPS) is 12.3. The van der Waals surface area contributed by atoms with Crippen LogP contribution in [0.5, 0.6) is 0 Å². The van der Waals surface area contributed by atoms with Crippen molar-refractivity contribution in [3.05, 3.63) is 70.8 Å². The second kappa shape index (κ2) is 10.0. The first-order valence-electron chi connectivity index (χ1n) is 9.32. The summed E-state index contributed by atoms with van der Waals surface area (Å²) in [7, 11) is 0. The number of ether oxygens (including phenoxy) is 2. The summed E-state index contributed by atoms with van der Waals surface area (Å²) in [5.74, 6) is -5.80. The molecule has 0 aliphatic rings. The highest BCUT2D eigenvalue weighted by atomic mass is 19.4. The van der Waals surface area contributed by atoms with Gasteiger partial charge in [-0.3, -0.25) is 0 Å². The van der Waals surface area contributed by atoms with Gasteiger partial charge >= 0.3 is 24.4 Å². The molecule has 2 rings (SSSR count). The van der Waals surface area contributed by atoms with E-state index >= 15 is 4.39 Å². The first-order valence-corrected chi connectivity index (χ1v) is 9.32. The van der Waals surface area contributed by atoms with Crippen molar-refractivity contribution < 1.29 is 55.6 Å². The summed E-state index contributed by atoms with van der Waals surface area (Å²) in [5, 5.41) is 16.9. The number of alkyl halides is 6. The monoisotopic (exact) mass is 480 g/mol. The van der Waals surface area contributed by atoms with Crippen molar-refractivity contribution in [2.45, 2.75) is 30.6 Å². The number of hydrogen-bond donors (Lipinski definition) is 2. The molecule has 2 aromatic rings. The molecule has 0 radical (unpaired) electrons. The molecule has 0 atom stereocenters. The van der Waals surface area contributed by atoms with Gasteiger partial charge in [0.05, 0.1) is 13.2 Å². The molecule has 0 heterocycles. The lowest BCUT2D eigenvalue weighted by molar-refractivity contribution is -0.323. The van der Waals surface area contributed by atoms with Crippen molar-refractivity contribution in [1.29, 1.82) is 0 Å². The van der Waals surface area contributed by atoms with Crippen LogP contribution in [0.3, 0.4) is 0 Å². The van der Waals surface area contributed by atoms with Gasteiger partial charge in [0, 0.05) is 24.0 Å². The smallest absolute Gasteiger partial charge is 0.450 e. The fourth-order valence-corrected chi connectivity index (χ4v) is 3.04. The third kappa shape index (κ3) is 5.88. The van der Waals surface area contributed by atoms with E-state index in [0.29, 0.717) is 11.1 Å². The average molecular weight is 480 g/mol. The fraction of sp³-hybridized carbons (Fsp3) is 0.333. The van der Waals surface area contributed by atoms with Crippen molar-refractivity contribution in [3.8, 4) is 0 Å². The van der Waals surface area contributed by atoms with E-state index in [1.54, 1.807) is 0 Å². The van der Waals surface area contributed by atoms with Crippen LogP contribution in [0.25, 0.3) is 0 Å². The Kier molecular flexibility index (Phi) is 7.83. The molecule has 33 heavy (non-hydrogen) atoms. The van der Waals surface area contributed by atoms with E-state index in [4.69, 9.17) is 10.2 Å². The van der Waals surface area contributed by atoms with Crippen LogP contribution >= 0.6 is 0 Å². The summed E-state index contributed by atoms with van der Waals surface area (Å²) in [6.45, 7) is -0.581. The van der Waals surface area contributed by atoms with Gasteiger partial charge in [0.15, 0.2) is 0 Å². The zero-order valence-electron chi connectivity index (χ0n) is 16.7. The average Bonchev–Trinajstić information content (AvgIpc) is 2.73. The van der Waals surface area contributed by atoms with E-state index in [-0.39, 0.29) is 26.1 Å². The molecule has 0 aliphatic carbocycles. The van der Waals surface area contributed by atoms with Gasteiger partial charge < -0.3 is 19.7 Å². The zero-order chi connectivity index (χ0) is 24.9. The summed E-state index contributed by atoms with van der Waals surface area (Å²) in [6.07, 6.45) is -9.32. The minimum atomic E-state index is -6.22. The summed E-state index contributed by atoms with van der Waals surface area (Å²) >= 11 is 0. The van der Waals surface area contributed by atoms with E-state index in [0.717, 1.165) is 48.5 Å². The molecule has 0 fully saturated rings. The largest absolute Gasteiger partial charge is 0.505 e. The minimum Gasteiger partial charge on any atom is -0.450 e. The molecule has 6 nitrogen and oxygen atoms in total. The lowest BCUT2D eigenvalue weighted by Gasteiger charge is -2.35. The van der Waals surface area contributed by atoms with Crippen LogP contribution in [-0.2, 0) is 28.0 Å². The Balaban J connectivity index is 2.40. The molecule has 180 valence electrons. The zero-order valence-corrected chi connectivity index (χ0v) is 16.7. The number of rotatable bonds is 9. The molecule has 0 amide bonds. The van der Waals surface area contributed by atoms with E-state index in [9.17, 15) is 31.5 Å². The number of benzene rings is 2. The van der Waals surface area contributed by atoms with Gasteiger partial charge in [-0.15, -0.1) is 0 Å². The Morgan fingerprint density at radius 1 is 0.667 bits per heavy atom. The third-order valence-electron chi connectivity index (χ3n) is 4.72. The Hall–Kier alpha value is -3.44. The first-order chi connectivity index (χ1) is 15.3. The van der Waals surface area contributed by atoms with Crippen LogP contribution in [0.15, 0.2) is 48.5 Å². The summed E-state index contributed by atoms with van der Waals surface area (Å²) < 4.78 is 93.0. The van der Waals surface area contributed by atoms with Gasteiger partial charge in [-0.25, -0.2) is 14.0 Å². The van der Waals surface area contributed by atoms with Crippen LogP contribution in [-0.4, -0.2) is 47.8 Å². The maximum atomic E-state index is 15.8. The van der Waals surface area contributed by atoms with Crippen LogP contribution in [0.2, 0.25) is 0 Å². The molecule has 0 aliphatic heterocycles. The van der Waals surface area contributed by atoms with Gasteiger partial charge in [0.1, 0.15) is 0 Å². The Bertz CT molecular complexity index is 893.